The molecule has 0 saturated heterocycles. The second-order valence-electron chi connectivity index (χ2n) is 10.4. The monoisotopic (exact) mass is 398 g/mol. The Hall–Kier alpha value is -2.08. The summed E-state index contributed by atoms with van der Waals surface area (Å²) in [6.45, 7) is 19.0. The average Bonchev–Trinajstić information content (AvgIpc) is 3.21. The number of allylic oxidation sites excluding steroid dienone is 4. The minimum Gasteiger partial charge on any atom is -0.0648 e. The lowest BCUT2D eigenvalue weighted by molar-refractivity contribution is 0.585. The summed E-state index contributed by atoms with van der Waals surface area (Å²) in [6.07, 6.45) is 2.24. The van der Waals surface area contributed by atoms with Crippen molar-refractivity contribution in [2.24, 2.45) is 11.8 Å². The number of hydrogen-bond acceptors (Lipinski definition) is 0. The van der Waals surface area contributed by atoms with Crippen molar-refractivity contribution in [1.82, 2.24) is 0 Å². The van der Waals surface area contributed by atoms with Gasteiger partial charge in [-0.05, 0) is 94.9 Å². The van der Waals surface area contributed by atoms with E-state index in [1.807, 2.05) is 0 Å². The van der Waals surface area contributed by atoms with Crippen LogP contribution in [-0.4, -0.2) is 0 Å². The summed E-state index contributed by atoms with van der Waals surface area (Å²) in [7, 11) is 0. The molecule has 2 aromatic carbocycles. The Morgan fingerprint density at radius 2 is 0.933 bits per heavy atom. The highest BCUT2D eigenvalue weighted by Crippen LogP contribution is 2.49. The van der Waals surface area contributed by atoms with E-state index in [1.54, 1.807) is 33.4 Å². The van der Waals surface area contributed by atoms with Crippen molar-refractivity contribution in [3.05, 3.63) is 80.9 Å². The third-order valence-electron chi connectivity index (χ3n) is 7.64. The van der Waals surface area contributed by atoms with Crippen molar-refractivity contribution in [3.63, 3.8) is 0 Å². The average molecular weight is 399 g/mol. The summed E-state index contributed by atoms with van der Waals surface area (Å²) in [5.74, 6) is 2.15. The van der Waals surface area contributed by atoms with Gasteiger partial charge in [-0.25, -0.2) is 0 Å². The zero-order chi connectivity index (χ0) is 21.7. The zero-order valence-electron chi connectivity index (χ0n) is 20.2. The fourth-order valence-electron chi connectivity index (χ4n) is 6.08. The van der Waals surface area contributed by atoms with E-state index in [1.165, 1.54) is 22.3 Å². The molecule has 0 radical (unpaired) electrons. The Morgan fingerprint density at radius 3 is 1.27 bits per heavy atom. The molecule has 2 unspecified atom stereocenters. The Bertz CT molecular complexity index is 956. The van der Waals surface area contributed by atoms with E-state index in [9.17, 15) is 0 Å². The number of fused-ring (bicyclic) bond motifs is 2. The van der Waals surface area contributed by atoms with Gasteiger partial charge in [-0.3, -0.25) is 0 Å². The Labute approximate surface area is 184 Å². The molecule has 0 heterocycles. The van der Waals surface area contributed by atoms with Crippen LogP contribution in [0.3, 0.4) is 0 Å². The van der Waals surface area contributed by atoms with Crippen molar-refractivity contribution >= 4 is 11.1 Å². The van der Waals surface area contributed by atoms with Gasteiger partial charge in [0.25, 0.3) is 0 Å². The first-order valence-corrected chi connectivity index (χ1v) is 11.9. The summed E-state index contributed by atoms with van der Waals surface area (Å²) in [4.78, 5) is 0. The van der Waals surface area contributed by atoms with Gasteiger partial charge in [-0.2, -0.15) is 0 Å². The third kappa shape index (κ3) is 3.29. The predicted molar refractivity (Wildman–Crippen MR) is 132 cm³/mol. The van der Waals surface area contributed by atoms with Crippen molar-refractivity contribution in [2.45, 2.75) is 80.1 Å². The lowest BCUT2D eigenvalue weighted by Gasteiger charge is -2.29. The van der Waals surface area contributed by atoms with Gasteiger partial charge in [0.05, 0.1) is 0 Å². The second-order valence-corrected chi connectivity index (χ2v) is 10.4. The fraction of sp³-hybridized carbons (Fsp3) is 0.467. The van der Waals surface area contributed by atoms with E-state index in [4.69, 9.17) is 0 Å². The van der Waals surface area contributed by atoms with Crippen LogP contribution < -0.4 is 0 Å². The highest BCUT2D eigenvalue weighted by atomic mass is 14.4. The molecule has 2 aliphatic rings. The first kappa shape index (κ1) is 21.2. The summed E-state index contributed by atoms with van der Waals surface area (Å²) in [5, 5.41) is 0. The van der Waals surface area contributed by atoms with E-state index < -0.39 is 0 Å². The van der Waals surface area contributed by atoms with Gasteiger partial charge in [0.15, 0.2) is 0 Å². The molecule has 0 saturated carbocycles. The molecule has 30 heavy (non-hydrogen) atoms. The van der Waals surface area contributed by atoms with Crippen LogP contribution in [0.5, 0.6) is 0 Å². The predicted octanol–water partition coefficient (Wildman–Crippen LogP) is 8.57. The molecule has 0 spiro atoms. The van der Waals surface area contributed by atoms with Crippen LogP contribution in [0, 0.1) is 11.8 Å². The summed E-state index contributed by atoms with van der Waals surface area (Å²) >= 11 is 0. The third-order valence-corrected chi connectivity index (χ3v) is 7.64. The highest BCUT2D eigenvalue weighted by molar-refractivity contribution is 5.85. The molecule has 158 valence electrons. The van der Waals surface area contributed by atoms with Gasteiger partial charge in [0.2, 0.25) is 0 Å². The van der Waals surface area contributed by atoms with Crippen LogP contribution in [0.4, 0.5) is 0 Å². The minimum absolute atomic E-state index is 0.516. The van der Waals surface area contributed by atoms with E-state index in [0.717, 1.165) is 12.8 Å². The Morgan fingerprint density at radius 1 is 0.567 bits per heavy atom. The minimum atomic E-state index is 0.516. The van der Waals surface area contributed by atoms with Crippen LogP contribution in [-0.2, 0) is 12.8 Å². The van der Waals surface area contributed by atoms with Crippen molar-refractivity contribution in [2.75, 3.05) is 0 Å². The second kappa shape index (κ2) is 7.88. The lowest BCUT2D eigenvalue weighted by atomic mass is 9.75. The standard InChI is InChI=1S/C30H38/c1-17(2)25-13-9-11-23-15-19(5)27(29(23)25)21(7)22(8)28-20(6)16-24-12-10-14-26(18(3)4)30(24)28/h9-14,17-18,21-22H,15-16H2,1-8H3. The van der Waals surface area contributed by atoms with Gasteiger partial charge in [-0.1, -0.05) is 89.1 Å². The fourth-order valence-corrected chi connectivity index (χ4v) is 6.08. The summed E-state index contributed by atoms with van der Waals surface area (Å²) < 4.78 is 0. The van der Waals surface area contributed by atoms with Gasteiger partial charge >= 0.3 is 0 Å². The molecule has 0 nitrogen and oxygen atoms in total. The molecule has 0 N–H and O–H groups in total. The lowest BCUT2D eigenvalue weighted by Crippen LogP contribution is -2.15. The molecule has 2 atom stereocenters. The van der Waals surface area contributed by atoms with E-state index in [2.05, 4.69) is 91.8 Å². The topological polar surface area (TPSA) is 0 Å². The molecular weight excluding hydrogens is 360 g/mol. The summed E-state index contributed by atoms with van der Waals surface area (Å²) in [5.41, 5.74) is 15.7. The van der Waals surface area contributed by atoms with E-state index >= 15 is 0 Å². The van der Waals surface area contributed by atoms with Crippen molar-refractivity contribution < 1.29 is 0 Å². The van der Waals surface area contributed by atoms with Gasteiger partial charge < -0.3 is 0 Å². The van der Waals surface area contributed by atoms with Crippen LogP contribution in [0.2, 0.25) is 0 Å². The molecule has 2 aliphatic carbocycles. The Balaban J connectivity index is 1.79. The number of hydrogen-bond donors (Lipinski definition) is 0. The maximum absolute atomic E-state index is 2.48. The van der Waals surface area contributed by atoms with Crippen LogP contribution in [0.25, 0.3) is 11.1 Å². The normalized spacial score (nSPS) is 17.8. The van der Waals surface area contributed by atoms with E-state index in [0.29, 0.717) is 23.7 Å². The quantitative estimate of drug-likeness (QED) is 0.473. The molecule has 0 fully saturated rings. The smallest absolute Gasteiger partial charge is 0.00576 e. The maximum Gasteiger partial charge on any atom is -0.00576 e. The van der Waals surface area contributed by atoms with E-state index in [-0.39, 0.29) is 0 Å². The highest BCUT2D eigenvalue weighted by Gasteiger charge is 2.34. The zero-order valence-corrected chi connectivity index (χ0v) is 20.2. The molecular formula is C30H38. The first-order valence-electron chi connectivity index (χ1n) is 11.9. The molecule has 0 heteroatoms. The maximum atomic E-state index is 2.48. The van der Waals surface area contributed by atoms with Gasteiger partial charge in [0.1, 0.15) is 0 Å². The number of benzene rings is 2. The van der Waals surface area contributed by atoms with Crippen molar-refractivity contribution in [1.29, 1.82) is 0 Å². The van der Waals surface area contributed by atoms with Crippen LogP contribution in [0.15, 0.2) is 47.5 Å². The van der Waals surface area contributed by atoms with Crippen LogP contribution in [0.1, 0.15) is 101 Å². The first-order chi connectivity index (χ1) is 14.2. The van der Waals surface area contributed by atoms with Gasteiger partial charge in [-0.15, -0.1) is 0 Å². The van der Waals surface area contributed by atoms with Gasteiger partial charge in [0, 0.05) is 0 Å². The SMILES string of the molecule is CC1=C(C(C)C(C)C2=C(C)Cc3cccc(C(C)C)c32)c2c(cccc2C(C)C)C1. The summed E-state index contributed by atoms with van der Waals surface area (Å²) in [6, 6.07) is 13.9. The number of rotatable bonds is 5. The molecule has 0 bridgehead atoms. The molecule has 0 aromatic heterocycles. The molecule has 0 aliphatic heterocycles. The molecule has 4 rings (SSSR count). The van der Waals surface area contributed by atoms with Crippen molar-refractivity contribution in [3.8, 4) is 0 Å². The largest absolute Gasteiger partial charge is 0.0648 e. The van der Waals surface area contributed by atoms with Crippen LogP contribution >= 0.6 is 0 Å². The Kier molecular flexibility index (Phi) is 5.56. The molecule has 0 amide bonds. The molecule has 2 aromatic rings.